The Bertz CT molecular complexity index is 272. The summed E-state index contributed by atoms with van der Waals surface area (Å²) in [4.78, 5) is 10.7. The highest BCUT2D eigenvalue weighted by molar-refractivity contribution is 7.07. The molecule has 0 radical (unpaired) electrons. The molecule has 78 valence electrons. The van der Waals surface area contributed by atoms with Gasteiger partial charge in [-0.15, -0.1) is 0 Å². The number of carbonyl (C=O) groups is 1. The minimum absolute atomic E-state index is 0.409. The van der Waals surface area contributed by atoms with Gasteiger partial charge < -0.3 is 10.4 Å². The zero-order chi connectivity index (χ0) is 10.4. The average molecular weight is 213 g/mol. The van der Waals surface area contributed by atoms with Crippen LogP contribution in [-0.2, 0) is 11.2 Å². The van der Waals surface area contributed by atoms with E-state index in [1.807, 2.05) is 12.3 Å². The van der Waals surface area contributed by atoms with Crippen molar-refractivity contribution in [3.05, 3.63) is 22.4 Å². The van der Waals surface area contributed by atoms with E-state index in [-0.39, 0.29) is 0 Å². The first-order valence-electron chi connectivity index (χ1n) is 4.71. The van der Waals surface area contributed by atoms with E-state index < -0.39 is 12.0 Å². The Hall–Kier alpha value is -0.870. The van der Waals surface area contributed by atoms with E-state index in [9.17, 15) is 4.79 Å². The van der Waals surface area contributed by atoms with Gasteiger partial charge in [-0.25, -0.2) is 0 Å². The van der Waals surface area contributed by atoms with Crippen LogP contribution in [0.15, 0.2) is 16.8 Å². The fourth-order valence-electron chi connectivity index (χ4n) is 1.23. The van der Waals surface area contributed by atoms with Crippen molar-refractivity contribution in [1.82, 2.24) is 5.32 Å². The lowest BCUT2D eigenvalue weighted by Crippen LogP contribution is -2.37. The van der Waals surface area contributed by atoms with Crippen LogP contribution in [0.25, 0.3) is 0 Å². The zero-order valence-electron chi connectivity index (χ0n) is 8.19. The minimum Gasteiger partial charge on any atom is -0.480 e. The fourth-order valence-corrected chi connectivity index (χ4v) is 1.94. The highest BCUT2D eigenvalue weighted by Crippen LogP contribution is 2.05. The zero-order valence-corrected chi connectivity index (χ0v) is 9.01. The molecule has 0 saturated carbocycles. The minimum atomic E-state index is -0.766. The smallest absolute Gasteiger partial charge is 0.320 e. The monoisotopic (exact) mass is 213 g/mol. The second-order valence-corrected chi connectivity index (χ2v) is 3.91. The standard InChI is InChI=1S/C10H15NO2S/c1-2-9(10(12)13)11-5-3-8-4-6-14-7-8/h4,6-7,9,11H,2-3,5H2,1H3,(H,12,13). The summed E-state index contributed by atoms with van der Waals surface area (Å²) in [5.74, 6) is -0.766. The summed E-state index contributed by atoms with van der Waals surface area (Å²) >= 11 is 1.67. The lowest BCUT2D eigenvalue weighted by molar-refractivity contribution is -0.139. The predicted molar refractivity (Wildman–Crippen MR) is 57.7 cm³/mol. The van der Waals surface area contributed by atoms with Crippen molar-refractivity contribution in [2.45, 2.75) is 25.8 Å². The number of carboxylic acid groups (broad SMARTS) is 1. The number of carboxylic acids is 1. The Morgan fingerprint density at radius 1 is 1.71 bits per heavy atom. The van der Waals surface area contributed by atoms with Gasteiger partial charge in [0.1, 0.15) is 6.04 Å². The third-order valence-corrected chi connectivity index (χ3v) is 2.82. The second-order valence-electron chi connectivity index (χ2n) is 3.13. The predicted octanol–water partition coefficient (Wildman–Crippen LogP) is 1.74. The van der Waals surface area contributed by atoms with Crippen LogP contribution in [0.5, 0.6) is 0 Å². The van der Waals surface area contributed by atoms with Gasteiger partial charge in [-0.2, -0.15) is 11.3 Å². The van der Waals surface area contributed by atoms with Gasteiger partial charge >= 0.3 is 5.97 Å². The summed E-state index contributed by atoms with van der Waals surface area (Å²) in [5, 5.41) is 15.9. The van der Waals surface area contributed by atoms with Crippen LogP contribution in [0.4, 0.5) is 0 Å². The molecule has 0 aliphatic rings. The largest absolute Gasteiger partial charge is 0.480 e. The summed E-state index contributed by atoms with van der Waals surface area (Å²) in [6, 6.07) is 1.65. The van der Waals surface area contributed by atoms with Crippen LogP contribution >= 0.6 is 11.3 Å². The van der Waals surface area contributed by atoms with Gasteiger partial charge in [0, 0.05) is 0 Å². The Morgan fingerprint density at radius 2 is 2.50 bits per heavy atom. The average Bonchev–Trinajstić information content (AvgIpc) is 2.64. The molecule has 1 aromatic heterocycles. The highest BCUT2D eigenvalue weighted by atomic mass is 32.1. The van der Waals surface area contributed by atoms with E-state index in [1.54, 1.807) is 11.3 Å². The lowest BCUT2D eigenvalue weighted by Gasteiger charge is -2.11. The molecule has 1 unspecified atom stereocenters. The van der Waals surface area contributed by atoms with Gasteiger partial charge in [0.15, 0.2) is 0 Å². The molecule has 14 heavy (non-hydrogen) atoms. The third kappa shape index (κ3) is 3.47. The topological polar surface area (TPSA) is 49.3 Å². The number of hydrogen-bond donors (Lipinski definition) is 2. The molecule has 0 aromatic carbocycles. The van der Waals surface area contributed by atoms with Crippen molar-refractivity contribution in [3.8, 4) is 0 Å². The summed E-state index contributed by atoms with van der Waals surface area (Å²) in [7, 11) is 0. The maximum atomic E-state index is 10.7. The van der Waals surface area contributed by atoms with Gasteiger partial charge in [-0.3, -0.25) is 4.79 Å². The molecular formula is C10H15NO2S. The molecule has 0 bridgehead atoms. The first-order valence-corrected chi connectivity index (χ1v) is 5.65. The summed E-state index contributed by atoms with van der Waals surface area (Å²) in [5.41, 5.74) is 1.27. The molecule has 0 aliphatic carbocycles. The van der Waals surface area contributed by atoms with Gasteiger partial charge in [-0.1, -0.05) is 6.92 Å². The van der Waals surface area contributed by atoms with E-state index in [1.165, 1.54) is 5.56 Å². The molecule has 4 heteroatoms. The van der Waals surface area contributed by atoms with Gasteiger partial charge in [0.2, 0.25) is 0 Å². The van der Waals surface area contributed by atoms with Crippen molar-refractivity contribution in [2.75, 3.05) is 6.54 Å². The Labute approximate surface area is 87.8 Å². The molecule has 0 spiro atoms. The van der Waals surface area contributed by atoms with Crippen molar-refractivity contribution in [2.24, 2.45) is 0 Å². The Morgan fingerprint density at radius 3 is 3.00 bits per heavy atom. The maximum absolute atomic E-state index is 10.7. The summed E-state index contributed by atoms with van der Waals surface area (Å²) in [6.07, 6.45) is 1.52. The van der Waals surface area contributed by atoms with Crippen molar-refractivity contribution >= 4 is 17.3 Å². The molecule has 0 amide bonds. The Kier molecular flexibility index (Phi) is 4.62. The van der Waals surface area contributed by atoms with E-state index in [4.69, 9.17) is 5.11 Å². The Balaban J connectivity index is 2.23. The van der Waals surface area contributed by atoms with Crippen LogP contribution in [0.2, 0.25) is 0 Å². The van der Waals surface area contributed by atoms with E-state index in [2.05, 4.69) is 16.8 Å². The first kappa shape index (κ1) is 11.2. The number of aliphatic carboxylic acids is 1. The normalized spacial score (nSPS) is 12.6. The lowest BCUT2D eigenvalue weighted by atomic mass is 10.2. The molecule has 0 saturated heterocycles. The first-order chi connectivity index (χ1) is 6.74. The quantitative estimate of drug-likeness (QED) is 0.756. The van der Waals surface area contributed by atoms with Gasteiger partial charge in [0.25, 0.3) is 0 Å². The van der Waals surface area contributed by atoms with Crippen LogP contribution in [0.1, 0.15) is 18.9 Å². The van der Waals surface area contributed by atoms with E-state index in [0.717, 1.165) is 13.0 Å². The van der Waals surface area contributed by atoms with Crippen molar-refractivity contribution in [3.63, 3.8) is 0 Å². The SMILES string of the molecule is CCC(NCCc1ccsc1)C(=O)O. The summed E-state index contributed by atoms with van der Waals surface area (Å²) < 4.78 is 0. The van der Waals surface area contributed by atoms with Crippen molar-refractivity contribution < 1.29 is 9.90 Å². The fraction of sp³-hybridized carbons (Fsp3) is 0.500. The number of rotatable bonds is 6. The van der Waals surface area contributed by atoms with E-state index >= 15 is 0 Å². The number of hydrogen-bond acceptors (Lipinski definition) is 3. The molecule has 1 atom stereocenters. The molecule has 1 rings (SSSR count). The number of thiophene rings is 1. The van der Waals surface area contributed by atoms with E-state index in [0.29, 0.717) is 6.42 Å². The molecule has 0 aliphatic heterocycles. The molecule has 3 nitrogen and oxygen atoms in total. The third-order valence-electron chi connectivity index (χ3n) is 2.09. The maximum Gasteiger partial charge on any atom is 0.320 e. The highest BCUT2D eigenvalue weighted by Gasteiger charge is 2.12. The van der Waals surface area contributed by atoms with Gasteiger partial charge in [0.05, 0.1) is 0 Å². The second kappa shape index (κ2) is 5.78. The van der Waals surface area contributed by atoms with Crippen LogP contribution in [0, 0.1) is 0 Å². The molecular weight excluding hydrogens is 198 g/mol. The van der Waals surface area contributed by atoms with Crippen LogP contribution in [-0.4, -0.2) is 23.7 Å². The molecule has 2 N–H and O–H groups in total. The van der Waals surface area contributed by atoms with Gasteiger partial charge in [-0.05, 0) is 41.8 Å². The number of nitrogens with one attached hydrogen (secondary N) is 1. The van der Waals surface area contributed by atoms with Crippen molar-refractivity contribution in [1.29, 1.82) is 0 Å². The molecule has 1 heterocycles. The summed E-state index contributed by atoms with van der Waals surface area (Å²) in [6.45, 7) is 2.60. The molecule has 0 fully saturated rings. The molecule has 1 aromatic rings. The van der Waals surface area contributed by atoms with Crippen LogP contribution in [0.3, 0.4) is 0 Å². The van der Waals surface area contributed by atoms with Crippen LogP contribution < -0.4 is 5.32 Å².